The average molecular weight is 551 g/mol. The van der Waals surface area contributed by atoms with E-state index < -0.39 is 0 Å². The summed E-state index contributed by atoms with van der Waals surface area (Å²) in [5, 5.41) is 3.72. The number of nitrogens with zero attached hydrogens (tertiary/aromatic N) is 1. The Labute approximate surface area is 227 Å². The second-order valence-corrected chi connectivity index (χ2v) is 10.1. The summed E-state index contributed by atoms with van der Waals surface area (Å²) in [6.45, 7) is 9.91. The smallest absolute Gasteiger partial charge is 0.135 e. The molecule has 2 aromatic heterocycles. The number of para-hydroxylation sites is 1. The highest BCUT2D eigenvalue weighted by Gasteiger charge is 2.18. The third-order valence-corrected chi connectivity index (χ3v) is 7.67. The third kappa shape index (κ3) is 4.53. The van der Waals surface area contributed by atoms with E-state index in [2.05, 4.69) is 119 Å². The zero-order valence-electron chi connectivity index (χ0n) is 21.7. The van der Waals surface area contributed by atoms with E-state index in [4.69, 9.17) is 4.42 Å². The molecule has 0 amide bonds. The predicted molar refractivity (Wildman–Crippen MR) is 165 cm³/mol. The third-order valence-electron chi connectivity index (χ3n) is 6.91. The fourth-order valence-electron chi connectivity index (χ4n) is 5.21. The Morgan fingerprint density at radius 2 is 1.70 bits per heavy atom. The van der Waals surface area contributed by atoms with Gasteiger partial charge in [-0.05, 0) is 73.4 Å². The van der Waals surface area contributed by atoms with E-state index in [9.17, 15) is 0 Å². The number of hydrogen-bond donors (Lipinski definition) is 0. The lowest BCUT2D eigenvalue weighted by Gasteiger charge is -2.09. The lowest BCUT2D eigenvalue weighted by molar-refractivity contribution is 0.599. The first-order valence-electron chi connectivity index (χ1n) is 13.0. The van der Waals surface area contributed by atoms with Crippen LogP contribution in [0.25, 0.3) is 55.7 Å². The van der Waals surface area contributed by atoms with E-state index in [0.717, 1.165) is 29.9 Å². The molecule has 0 fully saturated rings. The second kappa shape index (κ2) is 10.8. The zero-order valence-corrected chi connectivity index (χ0v) is 23.3. The van der Waals surface area contributed by atoms with E-state index >= 15 is 0 Å². The van der Waals surface area contributed by atoms with Crippen molar-refractivity contribution >= 4 is 60.5 Å². The van der Waals surface area contributed by atoms with Gasteiger partial charge >= 0.3 is 0 Å². The van der Waals surface area contributed by atoms with Crippen molar-refractivity contribution in [2.24, 2.45) is 0 Å². The number of benzene rings is 3. The Bertz CT molecular complexity index is 1690. The fraction of sp³-hybridized carbons (Fsp3) is 0.176. The van der Waals surface area contributed by atoms with E-state index in [0.29, 0.717) is 4.83 Å². The Morgan fingerprint density at radius 1 is 0.973 bits per heavy atom. The molecule has 6 rings (SSSR count). The van der Waals surface area contributed by atoms with Gasteiger partial charge in [-0.1, -0.05) is 91.0 Å². The maximum absolute atomic E-state index is 6.18. The lowest BCUT2D eigenvalue weighted by atomic mass is 9.99. The molecule has 2 heterocycles. The highest BCUT2D eigenvalue weighted by atomic mass is 79.9. The quantitative estimate of drug-likeness (QED) is 0.161. The first-order chi connectivity index (χ1) is 18.2. The predicted octanol–water partition coefficient (Wildman–Crippen LogP) is 10.6. The van der Waals surface area contributed by atoms with Crippen LogP contribution in [0.4, 0.5) is 0 Å². The van der Waals surface area contributed by atoms with Crippen LogP contribution in [0.15, 0.2) is 102 Å². The highest BCUT2D eigenvalue weighted by Crippen LogP contribution is 2.38. The van der Waals surface area contributed by atoms with Crippen LogP contribution in [-0.2, 0) is 6.42 Å². The topological polar surface area (TPSA) is 18.1 Å². The van der Waals surface area contributed by atoms with Gasteiger partial charge in [0.2, 0.25) is 0 Å². The minimum Gasteiger partial charge on any atom is -0.456 e. The molecule has 0 saturated carbocycles. The van der Waals surface area contributed by atoms with Crippen molar-refractivity contribution < 1.29 is 4.42 Å². The van der Waals surface area contributed by atoms with Gasteiger partial charge in [-0.15, -0.1) is 0 Å². The van der Waals surface area contributed by atoms with Gasteiger partial charge in [0.05, 0.1) is 11.0 Å². The minimum absolute atomic E-state index is 0.395. The van der Waals surface area contributed by atoms with Crippen molar-refractivity contribution in [2.45, 2.75) is 38.4 Å². The first kappa shape index (κ1) is 25.1. The molecule has 0 saturated heterocycles. The van der Waals surface area contributed by atoms with Crippen molar-refractivity contribution in [3.8, 4) is 11.1 Å². The molecule has 0 spiro atoms. The monoisotopic (exact) mass is 549 g/mol. The number of hydrogen-bond acceptors (Lipinski definition) is 1. The molecule has 0 aliphatic heterocycles. The molecule has 1 atom stereocenters. The molecule has 0 N–H and O–H groups in total. The van der Waals surface area contributed by atoms with E-state index in [-0.39, 0.29) is 0 Å². The number of halogens is 1. The van der Waals surface area contributed by atoms with Crippen molar-refractivity contribution in [3.63, 3.8) is 0 Å². The van der Waals surface area contributed by atoms with Crippen molar-refractivity contribution in [1.82, 2.24) is 4.57 Å². The SMILES string of the molecule is C=C/C=C\C(=C/C)n1c2ccccc2c2cc(-c3ccc4oc5c(c4c3)CCC(Br)C=C5)ccc21.CC. The summed E-state index contributed by atoms with van der Waals surface area (Å²) < 4.78 is 8.51. The first-order valence-corrected chi connectivity index (χ1v) is 14.0. The number of rotatable bonds is 4. The summed E-state index contributed by atoms with van der Waals surface area (Å²) in [4.78, 5) is 0.395. The molecule has 0 bridgehead atoms. The van der Waals surface area contributed by atoms with Crippen molar-refractivity contribution in [1.29, 1.82) is 0 Å². The molecule has 3 heteroatoms. The maximum Gasteiger partial charge on any atom is 0.135 e. The van der Waals surface area contributed by atoms with Gasteiger partial charge in [0, 0.05) is 32.2 Å². The van der Waals surface area contributed by atoms with Crippen LogP contribution >= 0.6 is 15.9 Å². The zero-order chi connectivity index (χ0) is 25.9. The minimum atomic E-state index is 0.395. The number of aromatic nitrogens is 1. The van der Waals surface area contributed by atoms with Crippen LogP contribution in [0.1, 0.15) is 38.5 Å². The molecule has 186 valence electrons. The molecular formula is C34H32BrNO. The Balaban J connectivity index is 0.00000137. The summed E-state index contributed by atoms with van der Waals surface area (Å²) in [5.74, 6) is 0.990. The number of aryl methyl sites for hydroxylation is 1. The molecule has 1 unspecified atom stereocenters. The molecule has 3 aromatic carbocycles. The van der Waals surface area contributed by atoms with Gasteiger partial charge in [-0.2, -0.15) is 0 Å². The maximum atomic E-state index is 6.18. The van der Waals surface area contributed by atoms with E-state index in [1.54, 1.807) is 0 Å². The summed E-state index contributed by atoms with van der Waals surface area (Å²) in [7, 11) is 0. The number of alkyl halides is 1. The molecule has 5 aromatic rings. The number of furan rings is 1. The van der Waals surface area contributed by atoms with Gasteiger partial charge < -0.3 is 8.98 Å². The number of fused-ring (bicyclic) bond motifs is 6. The summed E-state index contributed by atoms with van der Waals surface area (Å²) in [5.41, 5.74) is 8.22. The van der Waals surface area contributed by atoms with Crippen molar-refractivity contribution in [3.05, 3.63) is 109 Å². The summed E-state index contributed by atoms with van der Waals surface area (Å²) >= 11 is 3.73. The van der Waals surface area contributed by atoms with Gasteiger partial charge in [0.25, 0.3) is 0 Å². The van der Waals surface area contributed by atoms with Gasteiger partial charge in [0.15, 0.2) is 0 Å². The van der Waals surface area contributed by atoms with Gasteiger partial charge in [-0.3, -0.25) is 0 Å². The molecule has 1 aliphatic rings. The van der Waals surface area contributed by atoms with Crippen molar-refractivity contribution in [2.75, 3.05) is 0 Å². The molecule has 37 heavy (non-hydrogen) atoms. The fourth-order valence-corrected chi connectivity index (χ4v) is 5.59. The van der Waals surface area contributed by atoms with Crippen LogP contribution < -0.4 is 0 Å². The highest BCUT2D eigenvalue weighted by molar-refractivity contribution is 9.09. The Hall–Kier alpha value is -3.56. The lowest BCUT2D eigenvalue weighted by Crippen LogP contribution is -1.94. The van der Waals surface area contributed by atoms with Crippen LogP contribution in [0.2, 0.25) is 0 Å². The van der Waals surface area contributed by atoms with Crippen LogP contribution in [0, 0.1) is 0 Å². The van der Waals surface area contributed by atoms with E-state index in [1.165, 1.54) is 43.9 Å². The second-order valence-electron chi connectivity index (χ2n) is 8.96. The normalized spacial score (nSPS) is 15.7. The standard InChI is InChI=1S/C32H26BrNO.C2H6/c1-3-5-8-24(4-2)34-29-10-7-6-9-25(29)27-19-21(11-16-30(27)34)22-12-17-32-28(20-22)26-15-13-23(33)14-18-31(26)35-32;1-2/h3-12,14,16-20,23H,1,13,15H2,2H3;1-2H3/b8-5-,24-4+;. The summed E-state index contributed by atoms with van der Waals surface area (Å²) in [6, 6.07) is 22.0. The molecule has 2 nitrogen and oxygen atoms in total. The Morgan fingerprint density at radius 3 is 2.49 bits per heavy atom. The van der Waals surface area contributed by atoms with Gasteiger partial charge in [0.1, 0.15) is 11.3 Å². The number of allylic oxidation sites excluding steroid dienone is 6. The molecule has 1 aliphatic carbocycles. The van der Waals surface area contributed by atoms with Crippen LogP contribution in [0.5, 0.6) is 0 Å². The van der Waals surface area contributed by atoms with Gasteiger partial charge in [-0.25, -0.2) is 0 Å². The van der Waals surface area contributed by atoms with Crippen LogP contribution in [-0.4, -0.2) is 9.39 Å². The van der Waals surface area contributed by atoms with Crippen LogP contribution in [0.3, 0.4) is 0 Å². The average Bonchev–Trinajstić information content (AvgIpc) is 3.40. The van der Waals surface area contributed by atoms with E-state index in [1.807, 2.05) is 26.0 Å². The Kier molecular flexibility index (Phi) is 7.34. The summed E-state index contributed by atoms with van der Waals surface area (Å²) in [6.07, 6.45) is 14.4. The molecule has 0 radical (unpaired) electrons. The largest absolute Gasteiger partial charge is 0.456 e. The molecular weight excluding hydrogens is 518 g/mol.